The van der Waals surface area contributed by atoms with E-state index < -0.39 is 16.1 Å². The first-order valence-corrected chi connectivity index (χ1v) is 13.3. The zero-order valence-electron chi connectivity index (χ0n) is 20.0. The van der Waals surface area contributed by atoms with E-state index in [4.69, 9.17) is 5.14 Å². The van der Waals surface area contributed by atoms with Crippen molar-refractivity contribution in [2.75, 3.05) is 31.1 Å². The van der Waals surface area contributed by atoms with Gasteiger partial charge in [-0.3, -0.25) is 4.79 Å². The third kappa shape index (κ3) is 5.65. The van der Waals surface area contributed by atoms with Crippen LogP contribution in [0.2, 0.25) is 0 Å². The molecule has 12 heteroatoms. The van der Waals surface area contributed by atoms with Crippen molar-refractivity contribution < 1.29 is 13.2 Å². The number of hydrogen-bond acceptors (Lipinski definition) is 8. The molecule has 1 fully saturated rings. The van der Waals surface area contributed by atoms with Gasteiger partial charge in [0.15, 0.2) is 0 Å². The van der Waals surface area contributed by atoms with E-state index in [1.54, 1.807) is 41.5 Å². The predicted molar refractivity (Wildman–Crippen MR) is 137 cm³/mol. The van der Waals surface area contributed by atoms with E-state index in [1.807, 2.05) is 35.2 Å². The number of anilines is 1. The number of hydrogen-bond donors (Lipinski definition) is 1. The first-order valence-electron chi connectivity index (χ1n) is 11.8. The molecular formula is C25H26N8O3S. The Kier molecular flexibility index (Phi) is 6.93. The Morgan fingerprint density at radius 3 is 2.24 bits per heavy atom. The lowest BCUT2D eigenvalue weighted by Gasteiger charge is -2.36. The van der Waals surface area contributed by atoms with Crippen LogP contribution in [0.15, 0.2) is 84.1 Å². The van der Waals surface area contributed by atoms with Gasteiger partial charge in [-0.05, 0) is 23.8 Å². The van der Waals surface area contributed by atoms with Crippen molar-refractivity contribution in [2.24, 2.45) is 5.14 Å². The van der Waals surface area contributed by atoms with E-state index in [0.29, 0.717) is 49.8 Å². The molecule has 0 aliphatic carbocycles. The molecule has 190 valence electrons. The maximum Gasteiger partial charge on any atom is 0.247 e. The van der Waals surface area contributed by atoms with Crippen molar-refractivity contribution in [3.05, 3.63) is 84.8 Å². The summed E-state index contributed by atoms with van der Waals surface area (Å²) in [5, 5.41) is 13.7. The summed E-state index contributed by atoms with van der Waals surface area (Å²) in [5.41, 5.74) is 2.20. The zero-order chi connectivity index (χ0) is 25.8. The van der Waals surface area contributed by atoms with E-state index in [-0.39, 0.29) is 10.8 Å². The van der Waals surface area contributed by atoms with Crippen molar-refractivity contribution in [3.63, 3.8) is 0 Å². The van der Waals surface area contributed by atoms with E-state index in [0.717, 1.165) is 5.56 Å². The quantitative estimate of drug-likeness (QED) is 0.388. The van der Waals surface area contributed by atoms with Crippen LogP contribution >= 0.6 is 0 Å². The van der Waals surface area contributed by atoms with Gasteiger partial charge < -0.3 is 9.80 Å². The minimum Gasteiger partial charge on any atom is -0.337 e. The molecule has 0 saturated carbocycles. The van der Waals surface area contributed by atoms with E-state index in [1.165, 1.54) is 12.1 Å². The molecule has 37 heavy (non-hydrogen) atoms. The summed E-state index contributed by atoms with van der Waals surface area (Å²) >= 11 is 0. The van der Waals surface area contributed by atoms with Gasteiger partial charge in [0.05, 0.1) is 11.1 Å². The monoisotopic (exact) mass is 518 g/mol. The zero-order valence-corrected chi connectivity index (χ0v) is 20.8. The molecule has 2 N–H and O–H groups in total. The highest BCUT2D eigenvalue weighted by Gasteiger charge is 2.30. The minimum absolute atomic E-state index is 0.0146. The van der Waals surface area contributed by atoms with Gasteiger partial charge in [-0.15, -0.1) is 5.10 Å². The Morgan fingerprint density at radius 2 is 1.59 bits per heavy atom. The molecule has 11 nitrogen and oxygen atoms in total. The van der Waals surface area contributed by atoms with Gasteiger partial charge in [-0.2, -0.15) is 0 Å². The number of rotatable bonds is 7. The summed E-state index contributed by atoms with van der Waals surface area (Å²) in [7, 11) is -3.79. The first kappa shape index (κ1) is 24.5. The van der Waals surface area contributed by atoms with E-state index >= 15 is 0 Å². The molecule has 1 unspecified atom stereocenters. The van der Waals surface area contributed by atoms with Crippen LogP contribution in [-0.4, -0.2) is 70.4 Å². The molecule has 0 radical (unpaired) electrons. The summed E-state index contributed by atoms with van der Waals surface area (Å²) in [6.45, 7) is 2.34. The van der Waals surface area contributed by atoms with Gasteiger partial charge in [-0.1, -0.05) is 47.7 Å². The molecule has 1 aliphatic heterocycles. The smallest absolute Gasteiger partial charge is 0.247 e. The molecule has 1 atom stereocenters. The Morgan fingerprint density at radius 1 is 0.919 bits per heavy atom. The average Bonchev–Trinajstić information content (AvgIpc) is 3.42. The highest BCUT2D eigenvalue weighted by Crippen LogP contribution is 2.23. The molecule has 1 amide bonds. The highest BCUT2D eigenvalue weighted by atomic mass is 32.2. The van der Waals surface area contributed by atoms with Crippen LogP contribution in [0.1, 0.15) is 11.6 Å². The Bertz CT molecular complexity index is 1450. The molecule has 2 aromatic heterocycles. The van der Waals surface area contributed by atoms with Crippen LogP contribution < -0.4 is 10.0 Å². The second-order valence-electron chi connectivity index (χ2n) is 8.72. The summed E-state index contributed by atoms with van der Waals surface area (Å²) in [6.07, 6.45) is 5.58. The fourth-order valence-corrected chi connectivity index (χ4v) is 4.82. The lowest BCUT2D eigenvalue weighted by Crippen LogP contribution is -2.51. The van der Waals surface area contributed by atoms with Gasteiger partial charge in [0.2, 0.25) is 21.9 Å². The Hall–Kier alpha value is -4.16. The number of nitrogens with zero attached hydrogens (tertiary/aromatic N) is 7. The standard InChI is InChI=1S/C25H26N8O3S/c26-37(35,36)21-9-7-20(8-10-21)22-18-33(30-29-22)23(17-19-5-2-1-3-6-19)24(34)31-13-15-32(16-14-31)25-27-11-4-12-28-25/h1-12,18,23H,13-17H2,(H2,26,35,36). The van der Waals surface area contributed by atoms with Gasteiger partial charge in [0, 0.05) is 50.6 Å². The number of benzene rings is 2. The van der Waals surface area contributed by atoms with Crippen LogP contribution in [-0.2, 0) is 21.2 Å². The number of piperazine rings is 1. The van der Waals surface area contributed by atoms with Gasteiger partial charge in [-0.25, -0.2) is 28.2 Å². The lowest BCUT2D eigenvalue weighted by atomic mass is 10.0. The van der Waals surface area contributed by atoms with Crippen LogP contribution in [0, 0.1) is 0 Å². The number of primary sulfonamides is 1. The van der Waals surface area contributed by atoms with Crippen molar-refractivity contribution in [1.82, 2.24) is 29.9 Å². The maximum absolute atomic E-state index is 13.8. The average molecular weight is 519 g/mol. The van der Waals surface area contributed by atoms with Gasteiger partial charge in [0.1, 0.15) is 11.7 Å². The van der Waals surface area contributed by atoms with Crippen LogP contribution in [0.3, 0.4) is 0 Å². The second-order valence-corrected chi connectivity index (χ2v) is 10.3. The largest absolute Gasteiger partial charge is 0.337 e. The molecule has 0 bridgehead atoms. The number of nitrogens with two attached hydrogens (primary N) is 1. The summed E-state index contributed by atoms with van der Waals surface area (Å²) < 4.78 is 24.7. The van der Waals surface area contributed by atoms with Crippen LogP contribution in [0.4, 0.5) is 5.95 Å². The molecular weight excluding hydrogens is 492 g/mol. The van der Waals surface area contributed by atoms with E-state index in [2.05, 4.69) is 25.2 Å². The van der Waals surface area contributed by atoms with Gasteiger partial charge >= 0.3 is 0 Å². The third-order valence-electron chi connectivity index (χ3n) is 6.29. The van der Waals surface area contributed by atoms with Crippen molar-refractivity contribution in [3.8, 4) is 11.3 Å². The molecule has 2 aromatic carbocycles. The fraction of sp³-hybridized carbons (Fsp3) is 0.240. The third-order valence-corrected chi connectivity index (χ3v) is 7.22. The molecule has 3 heterocycles. The SMILES string of the molecule is NS(=O)(=O)c1ccc(-c2cn(C(Cc3ccccc3)C(=O)N3CCN(c4ncccn4)CC3)nn2)cc1. The number of carbonyl (C=O) groups excluding carboxylic acids is 1. The summed E-state index contributed by atoms with van der Waals surface area (Å²) in [6, 6.07) is 17.0. The normalized spacial score (nSPS) is 14.9. The van der Waals surface area contributed by atoms with Crippen LogP contribution in [0.25, 0.3) is 11.3 Å². The van der Waals surface area contributed by atoms with Gasteiger partial charge in [0.25, 0.3) is 0 Å². The number of amides is 1. The van der Waals surface area contributed by atoms with E-state index in [9.17, 15) is 13.2 Å². The molecule has 4 aromatic rings. The fourth-order valence-electron chi connectivity index (χ4n) is 4.30. The number of sulfonamides is 1. The Labute approximate surface area is 214 Å². The van der Waals surface area contributed by atoms with Crippen molar-refractivity contribution >= 4 is 21.9 Å². The highest BCUT2D eigenvalue weighted by molar-refractivity contribution is 7.89. The maximum atomic E-state index is 13.8. The lowest BCUT2D eigenvalue weighted by molar-refractivity contribution is -0.135. The summed E-state index contributed by atoms with van der Waals surface area (Å²) in [4.78, 5) is 26.3. The molecule has 0 spiro atoms. The minimum atomic E-state index is -3.79. The van der Waals surface area contributed by atoms with Crippen molar-refractivity contribution in [2.45, 2.75) is 17.4 Å². The topological polar surface area (TPSA) is 140 Å². The Balaban J connectivity index is 1.37. The number of aromatic nitrogens is 5. The van der Waals surface area contributed by atoms with Crippen molar-refractivity contribution in [1.29, 1.82) is 0 Å². The predicted octanol–water partition coefficient (Wildman–Crippen LogP) is 1.52. The first-order chi connectivity index (χ1) is 17.9. The molecule has 5 rings (SSSR count). The second kappa shape index (κ2) is 10.4. The molecule has 1 saturated heterocycles. The van der Waals surface area contributed by atoms with Crippen LogP contribution in [0.5, 0.6) is 0 Å². The molecule has 1 aliphatic rings. The summed E-state index contributed by atoms with van der Waals surface area (Å²) in [5.74, 6) is 0.614. The number of carbonyl (C=O) groups is 1.